The SMILES string of the molecule is CCC(CNc1cc(C)cc(C)c1)Oc1cccc(C)c1. The monoisotopic (exact) mass is 283 g/mol. The van der Waals surface area contributed by atoms with Crippen molar-refractivity contribution in [2.75, 3.05) is 11.9 Å². The van der Waals surface area contributed by atoms with Crippen molar-refractivity contribution in [3.8, 4) is 5.75 Å². The van der Waals surface area contributed by atoms with Crippen LogP contribution in [0.1, 0.15) is 30.0 Å². The maximum Gasteiger partial charge on any atom is 0.120 e. The van der Waals surface area contributed by atoms with Crippen molar-refractivity contribution in [1.29, 1.82) is 0 Å². The predicted octanol–water partition coefficient (Wildman–Crippen LogP) is 4.88. The maximum absolute atomic E-state index is 6.06. The van der Waals surface area contributed by atoms with Crippen LogP contribution in [0.2, 0.25) is 0 Å². The Morgan fingerprint density at radius 2 is 1.67 bits per heavy atom. The van der Waals surface area contributed by atoms with Crippen LogP contribution in [0.4, 0.5) is 5.69 Å². The lowest BCUT2D eigenvalue weighted by Crippen LogP contribution is -2.25. The van der Waals surface area contributed by atoms with Crippen molar-refractivity contribution in [1.82, 2.24) is 0 Å². The fraction of sp³-hybridized carbons (Fsp3) is 0.368. The summed E-state index contributed by atoms with van der Waals surface area (Å²) >= 11 is 0. The first-order valence-corrected chi connectivity index (χ1v) is 7.62. The van der Waals surface area contributed by atoms with Crippen LogP contribution in [0.5, 0.6) is 5.75 Å². The van der Waals surface area contributed by atoms with Gasteiger partial charge in [0, 0.05) is 5.69 Å². The van der Waals surface area contributed by atoms with E-state index >= 15 is 0 Å². The summed E-state index contributed by atoms with van der Waals surface area (Å²) in [6.45, 7) is 9.30. The molecule has 2 aromatic carbocycles. The van der Waals surface area contributed by atoms with E-state index in [-0.39, 0.29) is 6.10 Å². The fourth-order valence-electron chi connectivity index (χ4n) is 2.46. The summed E-state index contributed by atoms with van der Waals surface area (Å²) in [7, 11) is 0. The van der Waals surface area contributed by atoms with Gasteiger partial charge >= 0.3 is 0 Å². The highest BCUT2D eigenvalue weighted by atomic mass is 16.5. The van der Waals surface area contributed by atoms with Crippen molar-refractivity contribution in [3.05, 3.63) is 59.2 Å². The minimum absolute atomic E-state index is 0.174. The van der Waals surface area contributed by atoms with Gasteiger partial charge in [-0.2, -0.15) is 0 Å². The average Bonchev–Trinajstić information content (AvgIpc) is 2.42. The molecule has 0 fully saturated rings. The average molecular weight is 283 g/mol. The summed E-state index contributed by atoms with van der Waals surface area (Å²) in [5, 5.41) is 3.49. The second kappa shape index (κ2) is 7.16. The Labute approximate surface area is 128 Å². The van der Waals surface area contributed by atoms with Crippen molar-refractivity contribution < 1.29 is 4.74 Å². The third kappa shape index (κ3) is 4.82. The van der Waals surface area contributed by atoms with Crippen molar-refractivity contribution >= 4 is 5.69 Å². The van der Waals surface area contributed by atoms with E-state index in [1.165, 1.54) is 22.4 Å². The number of nitrogens with one attached hydrogen (secondary N) is 1. The van der Waals surface area contributed by atoms with Gasteiger partial charge in [0.15, 0.2) is 0 Å². The summed E-state index contributed by atoms with van der Waals surface area (Å²) in [5.41, 5.74) is 4.96. The van der Waals surface area contributed by atoms with Crippen LogP contribution >= 0.6 is 0 Å². The van der Waals surface area contributed by atoms with E-state index in [1.807, 2.05) is 12.1 Å². The molecule has 21 heavy (non-hydrogen) atoms. The Kier molecular flexibility index (Phi) is 5.26. The molecule has 0 amide bonds. The van der Waals surface area contributed by atoms with Crippen molar-refractivity contribution in [2.45, 2.75) is 40.2 Å². The Bertz CT molecular complexity index is 572. The van der Waals surface area contributed by atoms with Crippen LogP contribution in [0.3, 0.4) is 0 Å². The number of anilines is 1. The summed E-state index contributed by atoms with van der Waals surface area (Å²) in [6.07, 6.45) is 1.15. The van der Waals surface area contributed by atoms with Gasteiger partial charge in [0.2, 0.25) is 0 Å². The van der Waals surface area contributed by atoms with Gasteiger partial charge in [-0.3, -0.25) is 0 Å². The van der Waals surface area contributed by atoms with Crippen LogP contribution in [-0.4, -0.2) is 12.6 Å². The van der Waals surface area contributed by atoms with E-state index in [1.54, 1.807) is 0 Å². The molecule has 2 heteroatoms. The molecule has 0 saturated carbocycles. The van der Waals surface area contributed by atoms with Crippen molar-refractivity contribution in [2.24, 2.45) is 0 Å². The topological polar surface area (TPSA) is 21.3 Å². The third-order valence-electron chi connectivity index (χ3n) is 3.50. The zero-order chi connectivity index (χ0) is 15.2. The number of hydrogen-bond acceptors (Lipinski definition) is 2. The molecule has 0 heterocycles. The van der Waals surface area contributed by atoms with Gasteiger partial charge in [-0.05, 0) is 68.1 Å². The highest BCUT2D eigenvalue weighted by Crippen LogP contribution is 2.17. The smallest absolute Gasteiger partial charge is 0.120 e. The Morgan fingerprint density at radius 1 is 0.952 bits per heavy atom. The standard InChI is InChI=1S/C19H25NO/c1-5-18(21-19-8-6-7-14(2)12-19)13-20-17-10-15(3)9-16(4)11-17/h6-12,18,20H,5,13H2,1-4H3. The van der Waals surface area contributed by atoms with Crippen LogP contribution in [0.15, 0.2) is 42.5 Å². The van der Waals surface area contributed by atoms with E-state index < -0.39 is 0 Å². The minimum atomic E-state index is 0.174. The summed E-state index contributed by atoms with van der Waals surface area (Å²) < 4.78 is 6.06. The third-order valence-corrected chi connectivity index (χ3v) is 3.50. The van der Waals surface area contributed by atoms with Crippen molar-refractivity contribution in [3.63, 3.8) is 0 Å². The minimum Gasteiger partial charge on any atom is -0.489 e. The normalized spacial score (nSPS) is 12.0. The van der Waals surface area contributed by atoms with E-state index in [0.29, 0.717) is 0 Å². The molecular formula is C19H25NO. The lowest BCUT2D eigenvalue weighted by molar-refractivity contribution is 0.210. The van der Waals surface area contributed by atoms with Gasteiger partial charge in [0.25, 0.3) is 0 Å². The van der Waals surface area contributed by atoms with E-state index in [9.17, 15) is 0 Å². The largest absolute Gasteiger partial charge is 0.489 e. The molecule has 1 unspecified atom stereocenters. The Balaban J connectivity index is 1.96. The molecule has 0 spiro atoms. The fourth-order valence-corrected chi connectivity index (χ4v) is 2.46. The molecule has 1 N–H and O–H groups in total. The predicted molar refractivity (Wildman–Crippen MR) is 90.3 cm³/mol. The second-order valence-electron chi connectivity index (χ2n) is 5.72. The molecule has 0 bridgehead atoms. The maximum atomic E-state index is 6.06. The Morgan fingerprint density at radius 3 is 2.29 bits per heavy atom. The molecule has 0 saturated heterocycles. The lowest BCUT2D eigenvalue weighted by Gasteiger charge is -2.19. The van der Waals surface area contributed by atoms with E-state index in [0.717, 1.165) is 18.7 Å². The lowest BCUT2D eigenvalue weighted by atomic mass is 10.1. The molecular weight excluding hydrogens is 258 g/mol. The number of benzene rings is 2. The quantitative estimate of drug-likeness (QED) is 0.815. The molecule has 2 rings (SSSR count). The zero-order valence-electron chi connectivity index (χ0n) is 13.4. The first kappa shape index (κ1) is 15.4. The number of ether oxygens (including phenoxy) is 1. The van der Waals surface area contributed by atoms with Gasteiger partial charge in [0.05, 0.1) is 6.54 Å². The highest BCUT2D eigenvalue weighted by molar-refractivity contribution is 5.48. The molecule has 2 nitrogen and oxygen atoms in total. The van der Waals surface area contributed by atoms with Gasteiger partial charge in [-0.25, -0.2) is 0 Å². The molecule has 112 valence electrons. The van der Waals surface area contributed by atoms with Gasteiger partial charge < -0.3 is 10.1 Å². The van der Waals surface area contributed by atoms with E-state index in [2.05, 4.69) is 63.3 Å². The van der Waals surface area contributed by atoms with Gasteiger partial charge in [-0.1, -0.05) is 25.1 Å². The van der Waals surface area contributed by atoms with Crippen LogP contribution < -0.4 is 10.1 Å². The molecule has 0 aliphatic carbocycles. The summed E-state index contributed by atoms with van der Waals surface area (Å²) in [5.74, 6) is 0.948. The van der Waals surface area contributed by atoms with Gasteiger partial charge in [0.1, 0.15) is 11.9 Å². The van der Waals surface area contributed by atoms with Crippen LogP contribution in [-0.2, 0) is 0 Å². The molecule has 0 aliphatic heterocycles. The second-order valence-corrected chi connectivity index (χ2v) is 5.72. The first-order valence-electron chi connectivity index (χ1n) is 7.62. The van der Waals surface area contributed by atoms with E-state index in [4.69, 9.17) is 4.74 Å². The molecule has 0 aromatic heterocycles. The molecule has 1 atom stereocenters. The molecule has 2 aromatic rings. The molecule has 0 aliphatic rings. The van der Waals surface area contributed by atoms with Gasteiger partial charge in [-0.15, -0.1) is 0 Å². The number of rotatable bonds is 6. The van der Waals surface area contributed by atoms with Crippen LogP contribution in [0.25, 0.3) is 0 Å². The first-order chi connectivity index (χ1) is 10.1. The zero-order valence-corrected chi connectivity index (χ0v) is 13.4. The number of aryl methyl sites for hydroxylation is 3. The molecule has 0 radical (unpaired) electrons. The Hall–Kier alpha value is -1.96. The number of hydrogen-bond donors (Lipinski definition) is 1. The summed E-state index contributed by atoms with van der Waals surface area (Å²) in [4.78, 5) is 0. The van der Waals surface area contributed by atoms with Crippen LogP contribution in [0, 0.1) is 20.8 Å². The summed E-state index contributed by atoms with van der Waals surface area (Å²) in [6, 6.07) is 14.8. The highest BCUT2D eigenvalue weighted by Gasteiger charge is 2.08.